The molecule has 33 heavy (non-hydrogen) atoms. The smallest absolute Gasteiger partial charge is 0.270 e. The third-order valence-corrected chi connectivity index (χ3v) is 5.15. The molecule has 3 aromatic carbocycles. The highest BCUT2D eigenvalue weighted by atomic mass is 16.6. The number of carbonyl (C=O) groups excluding carboxylic acids is 1. The Hall–Kier alpha value is -4.52. The quantitative estimate of drug-likeness (QED) is 0.242. The van der Waals surface area contributed by atoms with Crippen LogP contribution in [0.3, 0.4) is 0 Å². The number of benzene rings is 3. The van der Waals surface area contributed by atoms with Gasteiger partial charge in [-0.15, -0.1) is 0 Å². The summed E-state index contributed by atoms with van der Waals surface area (Å²) in [5, 5.41) is 18.0. The number of rotatable bonds is 8. The van der Waals surface area contributed by atoms with Gasteiger partial charge in [0.05, 0.1) is 11.5 Å². The standard InChI is InChI=1S/C26H22N4O3/c31-26(14-11-20-5-3-7-24(17-20)30(32)33)27-18-23-6-1-2-8-25(23)22-12-9-21(10-13-22)19-29-16-4-15-28-29/h1-17H,18-19H2,(H,27,31)/b14-11+. The summed E-state index contributed by atoms with van der Waals surface area (Å²) >= 11 is 0. The molecule has 0 spiro atoms. The van der Waals surface area contributed by atoms with Gasteiger partial charge < -0.3 is 5.32 Å². The molecule has 1 aromatic heterocycles. The largest absolute Gasteiger partial charge is 0.348 e. The van der Waals surface area contributed by atoms with E-state index in [9.17, 15) is 14.9 Å². The molecule has 0 aliphatic rings. The molecule has 0 bridgehead atoms. The van der Waals surface area contributed by atoms with Crippen LogP contribution in [0.25, 0.3) is 17.2 Å². The lowest BCUT2D eigenvalue weighted by molar-refractivity contribution is -0.384. The van der Waals surface area contributed by atoms with Crippen molar-refractivity contribution in [2.45, 2.75) is 13.1 Å². The minimum absolute atomic E-state index is 0.0119. The third-order valence-electron chi connectivity index (χ3n) is 5.15. The van der Waals surface area contributed by atoms with Gasteiger partial charge in [0.1, 0.15) is 0 Å². The Kier molecular flexibility index (Phi) is 6.70. The molecule has 1 N–H and O–H groups in total. The fourth-order valence-electron chi connectivity index (χ4n) is 3.48. The number of carbonyl (C=O) groups is 1. The van der Waals surface area contributed by atoms with Crippen molar-refractivity contribution in [3.8, 4) is 11.1 Å². The Morgan fingerprint density at radius 2 is 1.85 bits per heavy atom. The summed E-state index contributed by atoms with van der Waals surface area (Å²) in [7, 11) is 0. The first-order valence-corrected chi connectivity index (χ1v) is 10.4. The molecule has 7 nitrogen and oxygen atoms in total. The average molecular weight is 438 g/mol. The Morgan fingerprint density at radius 1 is 1.03 bits per heavy atom. The van der Waals surface area contributed by atoms with Crippen LogP contribution in [0, 0.1) is 10.1 Å². The number of nitrogens with zero attached hydrogens (tertiary/aromatic N) is 3. The van der Waals surface area contributed by atoms with Crippen LogP contribution in [0.5, 0.6) is 0 Å². The number of hydrogen-bond donors (Lipinski definition) is 1. The monoisotopic (exact) mass is 438 g/mol. The van der Waals surface area contributed by atoms with E-state index >= 15 is 0 Å². The topological polar surface area (TPSA) is 90.1 Å². The lowest BCUT2D eigenvalue weighted by atomic mass is 9.98. The number of hydrogen-bond acceptors (Lipinski definition) is 4. The highest BCUT2D eigenvalue weighted by Crippen LogP contribution is 2.24. The SMILES string of the molecule is O=C(/C=C/c1cccc([N+](=O)[O-])c1)NCc1ccccc1-c1ccc(Cn2cccn2)cc1. The van der Waals surface area contributed by atoms with E-state index in [0.29, 0.717) is 18.7 Å². The number of nitro groups is 1. The lowest BCUT2D eigenvalue weighted by Crippen LogP contribution is -2.20. The van der Waals surface area contributed by atoms with Crippen LogP contribution in [-0.4, -0.2) is 20.6 Å². The van der Waals surface area contributed by atoms with Crippen molar-refractivity contribution in [1.82, 2.24) is 15.1 Å². The van der Waals surface area contributed by atoms with Crippen LogP contribution in [0.4, 0.5) is 5.69 Å². The third kappa shape index (κ3) is 5.80. The molecule has 4 rings (SSSR count). The zero-order valence-electron chi connectivity index (χ0n) is 17.8. The normalized spacial score (nSPS) is 10.9. The highest BCUT2D eigenvalue weighted by Gasteiger charge is 2.07. The van der Waals surface area contributed by atoms with E-state index < -0.39 is 4.92 Å². The first-order valence-electron chi connectivity index (χ1n) is 10.4. The second-order valence-corrected chi connectivity index (χ2v) is 7.46. The summed E-state index contributed by atoms with van der Waals surface area (Å²) < 4.78 is 1.87. The van der Waals surface area contributed by atoms with E-state index in [2.05, 4.69) is 34.7 Å². The van der Waals surface area contributed by atoms with Crippen molar-refractivity contribution < 1.29 is 9.72 Å². The molecule has 4 aromatic rings. The van der Waals surface area contributed by atoms with Gasteiger partial charge in [0.15, 0.2) is 0 Å². The van der Waals surface area contributed by atoms with Gasteiger partial charge in [-0.1, -0.05) is 60.7 Å². The summed E-state index contributed by atoms with van der Waals surface area (Å²) in [6.07, 6.45) is 6.63. The first kappa shape index (κ1) is 21.7. The minimum atomic E-state index is -0.460. The molecule has 0 aliphatic heterocycles. The van der Waals surface area contributed by atoms with Crippen molar-refractivity contribution in [1.29, 1.82) is 0 Å². The molecule has 0 unspecified atom stereocenters. The molecule has 1 heterocycles. The maximum absolute atomic E-state index is 12.3. The van der Waals surface area contributed by atoms with Gasteiger partial charge in [-0.25, -0.2) is 0 Å². The van der Waals surface area contributed by atoms with Crippen LogP contribution < -0.4 is 5.32 Å². The molecule has 0 aliphatic carbocycles. The number of aromatic nitrogens is 2. The highest BCUT2D eigenvalue weighted by molar-refractivity contribution is 5.91. The summed E-state index contributed by atoms with van der Waals surface area (Å²) in [4.78, 5) is 22.7. The van der Waals surface area contributed by atoms with Gasteiger partial charge in [0.2, 0.25) is 5.91 Å². The molecule has 0 saturated heterocycles. The number of nitrogens with one attached hydrogen (secondary N) is 1. The van der Waals surface area contributed by atoms with Gasteiger partial charge in [0.25, 0.3) is 5.69 Å². The van der Waals surface area contributed by atoms with Crippen LogP contribution in [0.15, 0.2) is 97.3 Å². The van der Waals surface area contributed by atoms with E-state index in [4.69, 9.17) is 0 Å². The molecule has 7 heteroatoms. The summed E-state index contributed by atoms with van der Waals surface area (Å²) in [6, 6.07) is 24.3. The van der Waals surface area contributed by atoms with E-state index in [-0.39, 0.29) is 11.6 Å². The fourth-order valence-corrected chi connectivity index (χ4v) is 3.48. The number of non-ortho nitro benzene ring substituents is 1. The molecule has 164 valence electrons. The average Bonchev–Trinajstić information content (AvgIpc) is 3.35. The zero-order chi connectivity index (χ0) is 23.0. The van der Waals surface area contributed by atoms with Gasteiger partial charge in [-0.2, -0.15) is 5.10 Å². The van der Waals surface area contributed by atoms with Gasteiger partial charge in [-0.3, -0.25) is 19.6 Å². The van der Waals surface area contributed by atoms with Gasteiger partial charge >= 0.3 is 0 Å². The van der Waals surface area contributed by atoms with E-state index in [1.807, 2.05) is 41.2 Å². The van der Waals surface area contributed by atoms with E-state index in [1.165, 1.54) is 18.2 Å². The molecular weight excluding hydrogens is 416 g/mol. The molecule has 0 fully saturated rings. The fraction of sp³-hybridized carbons (Fsp3) is 0.0769. The first-order chi connectivity index (χ1) is 16.1. The Balaban J connectivity index is 1.41. The Morgan fingerprint density at radius 3 is 2.61 bits per heavy atom. The molecular formula is C26H22N4O3. The summed E-state index contributed by atoms with van der Waals surface area (Å²) in [5.74, 6) is -0.272. The van der Waals surface area contributed by atoms with Crippen molar-refractivity contribution in [3.05, 3.63) is 124 Å². The van der Waals surface area contributed by atoms with Crippen molar-refractivity contribution in [2.75, 3.05) is 0 Å². The Labute approximate surface area is 191 Å². The van der Waals surface area contributed by atoms with Crippen molar-refractivity contribution in [2.24, 2.45) is 0 Å². The van der Waals surface area contributed by atoms with Crippen molar-refractivity contribution in [3.63, 3.8) is 0 Å². The molecule has 0 radical (unpaired) electrons. The molecule has 0 atom stereocenters. The number of amides is 1. The zero-order valence-corrected chi connectivity index (χ0v) is 17.8. The maximum atomic E-state index is 12.3. The number of nitro benzene ring substituents is 1. The predicted molar refractivity (Wildman–Crippen MR) is 127 cm³/mol. The van der Waals surface area contributed by atoms with Gasteiger partial charge in [-0.05, 0) is 40.0 Å². The van der Waals surface area contributed by atoms with E-state index in [1.54, 1.807) is 24.4 Å². The predicted octanol–water partition coefficient (Wildman–Crippen LogP) is 4.84. The van der Waals surface area contributed by atoms with Gasteiger partial charge in [0, 0.05) is 37.1 Å². The van der Waals surface area contributed by atoms with Crippen LogP contribution in [-0.2, 0) is 17.9 Å². The second-order valence-electron chi connectivity index (χ2n) is 7.46. The van der Waals surface area contributed by atoms with Crippen LogP contribution in [0.1, 0.15) is 16.7 Å². The van der Waals surface area contributed by atoms with Crippen molar-refractivity contribution >= 4 is 17.7 Å². The molecule has 1 amide bonds. The second kappa shape index (κ2) is 10.2. The lowest BCUT2D eigenvalue weighted by Gasteiger charge is -2.11. The maximum Gasteiger partial charge on any atom is 0.270 e. The van der Waals surface area contributed by atoms with Crippen LogP contribution in [0.2, 0.25) is 0 Å². The summed E-state index contributed by atoms with van der Waals surface area (Å²) in [5.41, 5.74) is 4.84. The van der Waals surface area contributed by atoms with E-state index in [0.717, 1.165) is 22.3 Å². The Bertz CT molecular complexity index is 1280. The minimum Gasteiger partial charge on any atom is -0.348 e. The molecule has 0 saturated carbocycles. The van der Waals surface area contributed by atoms with Crippen LogP contribution >= 0.6 is 0 Å². The summed E-state index contributed by atoms with van der Waals surface area (Å²) in [6.45, 7) is 1.07.